The largest absolute Gasteiger partial charge is 0.494 e. The summed E-state index contributed by atoms with van der Waals surface area (Å²) in [6.07, 6.45) is 4.46. The molecule has 0 heterocycles. The minimum atomic E-state index is 0.753. The van der Waals surface area contributed by atoms with Gasteiger partial charge in [-0.1, -0.05) is 25.1 Å². The second-order valence-electron chi connectivity index (χ2n) is 4.10. The van der Waals surface area contributed by atoms with Crippen LogP contribution in [0.2, 0.25) is 0 Å². The van der Waals surface area contributed by atoms with E-state index in [1.165, 1.54) is 6.42 Å². The normalized spacial score (nSPS) is 12.4. The van der Waals surface area contributed by atoms with Crippen LogP contribution in [0.4, 0.5) is 0 Å². The minimum absolute atomic E-state index is 0.753. The molecule has 0 saturated carbocycles. The Kier molecular flexibility index (Phi) is 7.93. The maximum Gasteiger partial charge on any atom is 0.119 e. The van der Waals surface area contributed by atoms with E-state index < -0.39 is 0 Å². The summed E-state index contributed by atoms with van der Waals surface area (Å²) in [6, 6.07) is 9.98. The summed E-state index contributed by atoms with van der Waals surface area (Å²) in [5.74, 6) is 0.962. The minimum Gasteiger partial charge on any atom is -0.494 e. The Morgan fingerprint density at radius 3 is 2.71 bits per heavy atom. The van der Waals surface area contributed by atoms with E-state index in [0.29, 0.717) is 0 Å². The topological polar surface area (TPSA) is 21.3 Å². The van der Waals surface area contributed by atoms with E-state index in [1.807, 2.05) is 42.1 Å². The van der Waals surface area contributed by atoms with E-state index in [2.05, 4.69) is 18.5 Å². The van der Waals surface area contributed by atoms with Gasteiger partial charge in [0.05, 0.1) is 6.61 Å². The highest BCUT2D eigenvalue weighted by atomic mass is 32.2. The highest BCUT2D eigenvalue weighted by Crippen LogP contribution is 2.09. The van der Waals surface area contributed by atoms with Crippen molar-refractivity contribution in [3.63, 3.8) is 0 Å². The first kappa shape index (κ1) is 14.4. The summed E-state index contributed by atoms with van der Waals surface area (Å²) in [5.41, 5.74) is 0. The fourth-order valence-electron chi connectivity index (χ4n) is 1.45. The molecule has 1 unspecified atom stereocenters. The predicted molar refractivity (Wildman–Crippen MR) is 77.0 cm³/mol. The second kappa shape index (κ2) is 9.37. The lowest BCUT2D eigenvalue weighted by atomic mass is 10.3. The molecule has 1 rings (SSSR count). The number of para-hydroxylation sites is 1. The fourth-order valence-corrected chi connectivity index (χ4v) is 1.81. The van der Waals surface area contributed by atoms with Gasteiger partial charge in [-0.05, 0) is 44.3 Å². The Balaban J connectivity index is 1.91. The molecule has 0 saturated heterocycles. The van der Waals surface area contributed by atoms with Gasteiger partial charge in [0.15, 0.2) is 0 Å². The van der Waals surface area contributed by atoms with Crippen molar-refractivity contribution in [1.82, 2.24) is 5.32 Å². The molecule has 0 aromatic heterocycles. The van der Waals surface area contributed by atoms with Gasteiger partial charge in [0, 0.05) is 5.25 Å². The molecule has 3 heteroatoms. The maximum absolute atomic E-state index is 5.61. The molecule has 0 spiro atoms. The Labute approximate surface area is 109 Å². The molecule has 0 radical (unpaired) electrons. The summed E-state index contributed by atoms with van der Waals surface area (Å²) < 4.78 is 5.61. The van der Waals surface area contributed by atoms with Gasteiger partial charge in [0.1, 0.15) is 5.75 Å². The van der Waals surface area contributed by atoms with Crippen LogP contribution < -0.4 is 10.1 Å². The molecule has 2 nitrogen and oxygen atoms in total. The molecule has 0 amide bonds. The van der Waals surface area contributed by atoms with E-state index in [9.17, 15) is 0 Å². The maximum atomic E-state index is 5.61. The zero-order chi connectivity index (χ0) is 12.3. The average Bonchev–Trinajstić information content (AvgIpc) is 2.38. The van der Waals surface area contributed by atoms with Crippen LogP contribution >= 0.6 is 11.8 Å². The summed E-state index contributed by atoms with van der Waals surface area (Å²) in [7, 11) is 0. The highest BCUT2D eigenvalue weighted by molar-refractivity contribution is 7.99. The van der Waals surface area contributed by atoms with E-state index in [-0.39, 0.29) is 0 Å². The third-order valence-electron chi connectivity index (χ3n) is 2.64. The fraction of sp³-hybridized carbons (Fsp3) is 0.571. The Bertz CT molecular complexity index is 279. The first-order valence-corrected chi connectivity index (χ1v) is 7.53. The summed E-state index contributed by atoms with van der Waals surface area (Å²) in [5, 5.41) is 4.20. The SMILES string of the molecule is CSC(C)CCNCCCOc1ccccc1. The van der Waals surface area contributed by atoms with Gasteiger partial charge in [0.2, 0.25) is 0 Å². The lowest BCUT2D eigenvalue weighted by Crippen LogP contribution is -2.20. The molecule has 96 valence electrons. The first-order valence-electron chi connectivity index (χ1n) is 6.24. The van der Waals surface area contributed by atoms with Crippen LogP contribution in [0.5, 0.6) is 5.75 Å². The number of hydrogen-bond acceptors (Lipinski definition) is 3. The van der Waals surface area contributed by atoms with Crippen molar-refractivity contribution < 1.29 is 4.74 Å². The van der Waals surface area contributed by atoms with Crippen LogP contribution in [0, 0.1) is 0 Å². The van der Waals surface area contributed by atoms with Gasteiger partial charge in [0.25, 0.3) is 0 Å². The van der Waals surface area contributed by atoms with Gasteiger partial charge in [-0.15, -0.1) is 0 Å². The third kappa shape index (κ3) is 7.29. The van der Waals surface area contributed by atoms with Crippen LogP contribution in [-0.2, 0) is 0 Å². The lowest BCUT2D eigenvalue weighted by Gasteiger charge is -2.09. The van der Waals surface area contributed by atoms with Crippen LogP contribution in [0.15, 0.2) is 30.3 Å². The zero-order valence-corrected chi connectivity index (χ0v) is 11.6. The lowest BCUT2D eigenvalue weighted by molar-refractivity contribution is 0.308. The van der Waals surface area contributed by atoms with Gasteiger partial charge < -0.3 is 10.1 Å². The molecule has 1 N–H and O–H groups in total. The number of ether oxygens (including phenoxy) is 1. The van der Waals surface area contributed by atoms with Crippen LogP contribution in [0.25, 0.3) is 0 Å². The summed E-state index contributed by atoms with van der Waals surface area (Å²) >= 11 is 1.93. The van der Waals surface area contributed by atoms with E-state index >= 15 is 0 Å². The van der Waals surface area contributed by atoms with Crippen molar-refractivity contribution in [3.8, 4) is 5.75 Å². The molecule has 1 aromatic carbocycles. The summed E-state index contributed by atoms with van der Waals surface area (Å²) in [4.78, 5) is 0. The van der Waals surface area contributed by atoms with Crippen molar-refractivity contribution >= 4 is 11.8 Å². The highest BCUT2D eigenvalue weighted by Gasteiger charge is 1.97. The number of thioether (sulfide) groups is 1. The zero-order valence-electron chi connectivity index (χ0n) is 10.8. The van der Waals surface area contributed by atoms with Crippen LogP contribution in [0.1, 0.15) is 19.8 Å². The molecule has 0 bridgehead atoms. The summed E-state index contributed by atoms with van der Waals surface area (Å²) in [6.45, 7) is 5.20. The number of hydrogen-bond donors (Lipinski definition) is 1. The van der Waals surface area contributed by atoms with Crippen molar-refractivity contribution in [1.29, 1.82) is 0 Å². The third-order valence-corrected chi connectivity index (χ3v) is 3.68. The van der Waals surface area contributed by atoms with Crippen molar-refractivity contribution in [2.75, 3.05) is 26.0 Å². The van der Waals surface area contributed by atoms with E-state index in [4.69, 9.17) is 4.74 Å². The molecule has 0 fully saturated rings. The molecule has 1 atom stereocenters. The molecule has 17 heavy (non-hydrogen) atoms. The Hall–Kier alpha value is -0.670. The van der Waals surface area contributed by atoms with E-state index in [0.717, 1.165) is 37.1 Å². The number of benzene rings is 1. The van der Waals surface area contributed by atoms with Crippen molar-refractivity contribution in [2.24, 2.45) is 0 Å². The predicted octanol–water partition coefficient (Wildman–Crippen LogP) is 3.19. The quantitative estimate of drug-likeness (QED) is 0.683. The van der Waals surface area contributed by atoms with Crippen LogP contribution in [0.3, 0.4) is 0 Å². The average molecular weight is 253 g/mol. The Morgan fingerprint density at radius 1 is 1.24 bits per heavy atom. The van der Waals surface area contributed by atoms with Gasteiger partial charge >= 0.3 is 0 Å². The number of rotatable bonds is 9. The first-order chi connectivity index (χ1) is 8.33. The van der Waals surface area contributed by atoms with Crippen molar-refractivity contribution in [3.05, 3.63) is 30.3 Å². The second-order valence-corrected chi connectivity index (χ2v) is 5.38. The standard InChI is InChI=1S/C14H23NOS/c1-13(17-2)9-11-15-10-6-12-16-14-7-4-3-5-8-14/h3-5,7-8,13,15H,6,9-12H2,1-2H3. The number of nitrogens with one attached hydrogen (secondary N) is 1. The monoisotopic (exact) mass is 253 g/mol. The van der Waals surface area contributed by atoms with Gasteiger partial charge in [-0.25, -0.2) is 0 Å². The van der Waals surface area contributed by atoms with Crippen molar-refractivity contribution in [2.45, 2.75) is 25.0 Å². The molecular weight excluding hydrogens is 230 g/mol. The van der Waals surface area contributed by atoms with Gasteiger partial charge in [-0.2, -0.15) is 11.8 Å². The molecule has 0 aliphatic heterocycles. The van der Waals surface area contributed by atoms with Crippen LogP contribution in [-0.4, -0.2) is 31.2 Å². The Morgan fingerprint density at radius 2 is 2.00 bits per heavy atom. The molecule has 1 aromatic rings. The van der Waals surface area contributed by atoms with E-state index in [1.54, 1.807) is 0 Å². The van der Waals surface area contributed by atoms with Gasteiger partial charge in [-0.3, -0.25) is 0 Å². The molecular formula is C14H23NOS. The molecule has 0 aliphatic carbocycles. The smallest absolute Gasteiger partial charge is 0.119 e. The molecule has 0 aliphatic rings.